The van der Waals surface area contributed by atoms with Gasteiger partial charge in [0.2, 0.25) is 5.91 Å². The predicted octanol–water partition coefficient (Wildman–Crippen LogP) is 2.92. The van der Waals surface area contributed by atoms with Gasteiger partial charge in [0, 0.05) is 67.5 Å². The second-order valence-electron chi connectivity index (χ2n) is 7.66. The van der Waals surface area contributed by atoms with Gasteiger partial charge in [-0.2, -0.15) is 0 Å². The molecule has 2 heterocycles. The van der Waals surface area contributed by atoms with Crippen LogP contribution in [-0.4, -0.2) is 67.7 Å². The van der Waals surface area contributed by atoms with Crippen LogP contribution in [-0.2, 0) is 4.79 Å². The van der Waals surface area contributed by atoms with Crippen molar-refractivity contribution in [3.8, 4) is 11.5 Å². The molecule has 1 aliphatic heterocycles. The minimum Gasteiger partial charge on any atom is -0.493 e. The summed E-state index contributed by atoms with van der Waals surface area (Å²) in [4.78, 5) is 31.8. The van der Waals surface area contributed by atoms with E-state index >= 15 is 0 Å². The smallest absolute Gasteiger partial charge is 0.278 e. The Kier molecular flexibility index (Phi) is 6.55. The summed E-state index contributed by atoms with van der Waals surface area (Å²) in [5, 5.41) is 15.6. The Labute approximate surface area is 190 Å². The number of piperazine rings is 1. The second kappa shape index (κ2) is 9.70. The molecule has 1 aliphatic rings. The van der Waals surface area contributed by atoms with Gasteiger partial charge in [-0.1, -0.05) is 0 Å². The van der Waals surface area contributed by atoms with Gasteiger partial charge in [0.1, 0.15) is 0 Å². The number of fused-ring (bicyclic) bond motifs is 1. The summed E-state index contributed by atoms with van der Waals surface area (Å²) in [5.74, 6) is 1.04. The van der Waals surface area contributed by atoms with Crippen LogP contribution in [0.3, 0.4) is 0 Å². The van der Waals surface area contributed by atoms with Crippen LogP contribution >= 0.6 is 0 Å². The summed E-state index contributed by atoms with van der Waals surface area (Å²) in [7, 11) is 3.11. The molecule has 1 saturated heterocycles. The third-order valence-corrected chi connectivity index (χ3v) is 5.72. The topological polar surface area (TPSA) is 110 Å². The lowest BCUT2D eigenvalue weighted by molar-refractivity contribution is -0.383. The number of nitrogens with one attached hydrogen (secondary N) is 1. The highest BCUT2D eigenvalue weighted by Gasteiger charge is 2.23. The molecule has 0 unspecified atom stereocenters. The maximum Gasteiger partial charge on any atom is 0.278 e. The molecule has 4 rings (SSSR count). The molecule has 0 atom stereocenters. The zero-order valence-corrected chi connectivity index (χ0v) is 18.5. The molecule has 3 aromatic rings. The minimum atomic E-state index is -0.386. The standard InChI is InChI=1S/C23H25N5O5/c1-32-21-6-3-16(13-22(21)33-2)25-23(29)15-26-9-11-27(12-10-26)19-4-5-20(28(30)31)18-14-24-8-7-17(18)19/h3-8,13-14H,9-12,15H2,1-2H3,(H,25,29). The predicted molar refractivity (Wildman–Crippen MR) is 125 cm³/mol. The normalized spacial score (nSPS) is 14.2. The Morgan fingerprint density at radius 3 is 2.52 bits per heavy atom. The van der Waals surface area contributed by atoms with Crippen LogP contribution in [0.25, 0.3) is 10.8 Å². The molecule has 10 heteroatoms. The quantitative estimate of drug-likeness (QED) is 0.431. The van der Waals surface area contributed by atoms with Gasteiger partial charge in [-0.05, 0) is 24.3 Å². The van der Waals surface area contributed by atoms with Crippen LogP contribution in [0.1, 0.15) is 0 Å². The van der Waals surface area contributed by atoms with Crippen molar-refractivity contribution >= 4 is 33.7 Å². The van der Waals surface area contributed by atoms with Crippen molar-refractivity contribution in [2.75, 3.05) is 57.2 Å². The fraction of sp³-hybridized carbons (Fsp3) is 0.304. The van der Waals surface area contributed by atoms with Gasteiger partial charge in [0.15, 0.2) is 11.5 Å². The number of aromatic nitrogens is 1. The van der Waals surface area contributed by atoms with Gasteiger partial charge in [-0.15, -0.1) is 0 Å². The number of non-ortho nitro benzene ring substituents is 1. The molecule has 0 saturated carbocycles. The van der Waals surface area contributed by atoms with Crippen molar-refractivity contribution in [1.29, 1.82) is 0 Å². The molecule has 172 valence electrons. The molecule has 0 radical (unpaired) electrons. The van der Waals surface area contributed by atoms with E-state index in [1.54, 1.807) is 50.7 Å². The number of hydrogen-bond acceptors (Lipinski definition) is 8. The second-order valence-corrected chi connectivity index (χ2v) is 7.66. The monoisotopic (exact) mass is 451 g/mol. The summed E-state index contributed by atoms with van der Waals surface area (Å²) in [6, 6.07) is 10.4. The summed E-state index contributed by atoms with van der Waals surface area (Å²) in [5.41, 5.74) is 1.63. The number of hydrogen-bond donors (Lipinski definition) is 1. The van der Waals surface area contributed by atoms with Crippen LogP contribution in [0.2, 0.25) is 0 Å². The summed E-state index contributed by atoms with van der Waals surface area (Å²) in [6.07, 6.45) is 3.18. The molecule has 33 heavy (non-hydrogen) atoms. The number of anilines is 2. The van der Waals surface area contributed by atoms with Crippen LogP contribution < -0.4 is 19.7 Å². The van der Waals surface area contributed by atoms with Crippen molar-refractivity contribution in [2.45, 2.75) is 0 Å². The van der Waals surface area contributed by atoms with Crippen molar-refractivity contribution in [2.24, 2.45) is 0 Å². The molecule has 1 N–H and O–H groups in total. The maximum absolute atomic E-state index is 12.6. The van der Waals surface area contributed by atoms with E-state index in [2.05, 4.69) is 20.1 Å². The average molecular weight is 451 g/mol. The number of benzene rings is 2. The third-order valence-electron chi connectivity index (χ3n) is 5.72. The van der Waals surface area contributed by atoms with Gasteiger partial charge >= 0.3 is 0 Å². The number of nitro benzene ring substituents is 1. The Hall–Kier alpha value is -3.92. The Balaban J connectivity index is 1.38. The molecule has 10 nitrogen and oxygen atoms in total. The van der Waals surface area contributed by atoms with Crippen molar-refractivity contribution in [3.05, 3.63) is 58.9 Å². The van der Waals surface area contributed by atoms with E-state index in [0.717, 1.165) is 11.1 Å². The first-order chi connectivity index (χ1) is 16.0. The fourth-order valence-corrected chi connectivity index (χ4v) is 4.06. The maximum atomic E-state index is 12.6. The first-order valence-corrected chi connectivity index (χ1v) is 10.5. The number of carbonyl (C=O) groups excluding carboxylic acids is 1. The third kappa shape index (κ3) is 4.80. The van der Waals surface area contributed by atoms with E-state index in [1.165, 1.54) is 12.3 Å². The molecule has 0 spiro atoms. The number of nitro groups is 1. The van der Waals surface area contributed by atoms with E-state index in [9.17, 15) is 14.9 Å². The van der Waals surface area contributed by atoms with Crippen molar-refractivity contribution < 1.29 is 19.2 Å². The molecule has 1 aromatic heterocycles. The number of methoxy groups -OCH3 is 2. The molecule has 0 aliphatic carbocycles. The van der Waals surface area contributed by atoms with Gasteiger partial charge in [0.25, 0.3) is 5.69 Å². The van der Waals surface area contributed by atoms with E-state index in [0.29, 0.717) is 48.8 Å². The van der Waals surface area contributed by atoms with E-state index < -0.39 is 0 Å². The lowest BCUT2D eigenvalue weighted by Gasteiger charge is -2.36. The largest absolute Gasteiger partial charge is 0.493 e. The van der Waals surface area contributed by atoms with Crippen LogP contribution in [0.5, 0.6) is 11.5 Å². The van der Waals surface area contributed by atoms with Crippen LogP contribution in [0.15, 0.2) is 48.8 Å². The van der Waals surface area contributed by atoms with Gasteiger partial charge in [0.05, 0.1) is 31.1 Å². The number of rotatable bonds is 7. The highest BCUT2D eigenvalue weighted by atomic mass is 16.6. The van der Waals surface area contributed by atoms with Crippen LogP contribution in [0.4, 0.5) is 17.1 Å². The average Bonchev–Trinajstić information content (AvgIpc) is 2.83. The van der Waals surface area contributed by atoms with Gasteiger partial charge in [-0.3, -0.25) is 24.8 Å². The lowest BCUT2D eigenvalue weighted by Crippen LogP contribution is -2.48. The molecular weight excluding hydrogens is 426 g/mol. The first kappa shape index (κ1) is 22.3. The number of ether oxygens (including phenoxy) is 2. The van der Waals surface area contributed by atoms with Crippen molar-refractivity contribution in [1.82, 2.24) is 9.88 Å². The van der Waals surface area contributed by atoms with E-state index in [-0.39, 0.29) is 23.1 Å². The number of amides is 1. The minimum absolute atomic E-state index is 0.0484. The highest BCUT2D eigenvalue weighted by molar-refractivity contribution is 5.99. The Morgan fingerprint density at radius 2 is 1.82 bits per heavy atom. The summed E-state index contributed by atoms with van der Waals surface area (Å²) in [6.45, 7) is 3.08. The Bertz CT molecular complexity index is 1180. The molecule has 0 bridgehead atoms. The number of nitrogens with zero attached hydrogens (tertiary/aromatic N) is 4. The number of pyridine rings is 1. The van der Waals surface area contributed by atoms with E-state index in [4.69, 9.17) is 9.47 Å². The Morgan fingerprint density at radius 1 is 1.06 bits per heavy atom. The highest BCUT2D eigenvalue weighted by Crippen LogP contribution is 2.33. The van der Waals surface area contributed by atoms with Crippen molar-refractivity contribution in [3.63, 3.8) is 0 Å². The molecule has 1 amide bonds. The first-order valence-electron chi connectivity index (χ1n) is 10.5. The summed E-state index contributed by atoms with van der Waals surface area (Å²) >= 11 is 0. The lowest BCUT2D eigenvalue weighted by atomic mass is 10.1. The van der Waals surface area contributed by atoms with Gasteiger partial charge < -0.3 is 19.7 Å². The molecule has 2 aromatic carbocycles. The number of carbonyl (C=O) groups is 1. The fourth-order valence-electron chi connectivity index (χ4n) is 4.06. The SMILES string of the molecule is COc1ccc(NC(=O)CN2CCN(c3ccc([N+](=O)[O-])c4cnccc34)CC2)cc1OC. The molecular formula is C23H25N5O5. The molecule has 1 fully saturated rings. The van der Waals surface area contributed by atoms with Crippen LogP contribution in [0, 0.1) is 10.1 Å². The summed E-state index contributed by atoms with van der Waals surface area (Å²) < 4.78 is 10.5. The van der Waals surface area contributed by atoms with E-state index in [1.807, 2.05) is 0 Å². The zero-order chi connectivity index (χ0) is 23.4. The van der Waals surface area contributed by atoms with Gasteiger partial charge in [-0.25, -0.2) is 0 Å². The zero-order valence-electron chi connectivity index (χ0n) is 18.5.